The van der Waals surface area contributed by atoms with Crippen molar-refractivity contribution in [2.45, 2.75) is 142 Å². The lowest BCUT2D eigenvalue weighted by Crippen LogP contribution is -2.43. The lowest BCUT2D eigenvalue weighted by atomic mass is 10.0. The standard InChI is InChI=1S/C30H52Si2/c1-21(2)31(22(3)4,23(5)6)19-17-29(27-13-14-27)30(28-15-16-28)18-20-32(24(7)8,25(9)10)26(11)12/h21-28H,13-16H2,1-12H3/b30-29+. The Morgan fingerprint density at radius 1 is 0.469 bits per heavy atom. The maximum atomic E-state index is 4.06. The van der Waals surface area contributed by atoms with Gasteiger partial charge in [-0.2, -0.15) is 0 Å². The molecule has 2 aliphatic rings. The van der Waals surface area contributed by atoms with Crippen LogP contribution < -0.4 is 0 Å². The molecule has 0 aromatic carbocycles. The minimum absolute atomic E-state index is 0.689. The highest BCUT2D eigenvalue weighted by atomic mass is 28.3. The Balaban J connectivity index is 2.67. The Labute approximate surface area is 203 Å². The van der Waals surface area contributed by atoms with Crippen molar-refractivity contribution in [1.29, 1.82) is 0 Å². The molecular weight excluding hydrogens is 417 g/mol. The summed E-state index contributed by atoms with van der Waals surface area (Å²) in [6.07, 6.45) is 5.29. The van der Waals surface area contributed by atoms with E-state index in [1.54, 1.807) is 0 Å². The lowest BCUT2D eigenvalue weighted by Gasteiger charge is -2.38. The molecule has 32 heavy (non-hydrogen) atoms. The summed E-state index contributed by atoms with van der Waals surface area (Å²) in [6.45, 7) is 29.1. The number of hydrogen-bond acceptors (Lipinski definition) is 0. The maximum Gasteiger partial charge on any atom is 0.146 e. The van der Waals surface area contributed by atoms with E-state index in [0.29, 0.717) is 45.1 Å². The van der Waals surface area contributed by atoms with Crippen LogP contribution in [0.2, 0.25) is 33.2 Å². The third kappa shape index (κ3) is 5.50. The van der Waals surface area contributed by atoms with Gasteiger partial charge in [-0.3, -0.25) is 0 Å². The van der Waals surface area contributed by atoms with Crippen molar-refractivity contribution in [3.63, 3.8) is 0 Å². The van der Waals surface area contributed by atoms with Gasteiger partial charge in [0, 0.05) is 11.1 Å². The van der Waals surface area contributed by atoms with Crippen molar-refractivity contribution in [1.82, 2.24) is 0 Å². The predicted octanol–water partition coefficient (Wildman–Crippen LogP) is 9.55. The number of hydrogen-bond donors (Lipinski definition) is 0. The van der Waals surface area contributed by atoms with Gasteiger partial charge in [-0.15, -0.1) is 11.1 Å². The molecule has 0 spiro atoms. The molecule has 0 aromatic heterocycles. The van der Waals surface area contributed by atoms with Crippen molar-refractivity contribution in [2.75, 3.05) is 0 Å². The van der Waals surface area contributed by atoms with Gasteiger partial charge in [0.05, 0.1) is 0 Å². The van der Waals surface area contributed by atoms with Gasteiger partial charge in [-0.25, -0.2) is 0 Å². The van der Waals surface area contributed by atoms with Gasteiger partial charge in [-0.1, -0.05) is 94.9 Å². The monoisotopic (exact) mass is 468 g/mol. The summed E-state index contributed by atoms with van der Waals surface area (Å²) >= 11 is 0. The summed E-state index contributed by atoms with van der Waals surface area (Å²) in [6, 6.07) is 0. The van der Waals surface area contributed by atoms with Crippen LogP contribution in [0, 0.1) is 34.8 Å². The minimum atomic E-state index is -1.72. The molecule has 0 bridgehead atoms. The molecule has 0 atom stereocenters. The molecule has 2 saturated carbocycles. The zero-order valence-corrected chi connectivity index (χ0v) is 25.4. The third-order valence-electron chi connectivity index (χ3n) is 8.82. The minimum Gasteiger partial charge on any atom is -0.125 e. The largest absolute Gasteiger partial charge is 0.146 e. The van der Waals surface area contributed by atoms with E-state index in [9.17, 15) is 0 Å². The normalized spacial score (nSPS) is 18.3. The van der Waals surface area contributed by atoms with E-state index < -0.39 is 16.1 Å². The van der Waals surface area contributed by atoms with Crippen LogP contribution in [0.5, 0.6) is 0 Å². The van der Waals surface area contributed by atoms with Crippen LogP contribution in [0.4, 0.5) is 0 Å². The molecule has 0 amide bonds. The first-order valence-electron chi connectivity index (χ1n) is 13.6. The molecule has 0 aliphatic heterocycles. The van der Waals surface area contributed by atoms with Crippen LogP contribution in [0.25, 0.3) is 0 Å². The zero-order chi connectivity index (χ0) is 24.4. The first-order valence-corrected chi connectivity index (χ1v) is 18.1. The summed E-state index contributed by atoms with van der Waals surface area (Å²) in [5.41, 5.74) is 15.2. The maximum absolute atomic E-state index is 4.06. The first kappa shape index (κ1) is 27.5. The van der Waals surface area contributed by atoms with Crippen LogP contribution in [-0.2, 0) is 0 Å². The summed E-state index contributed by atoms with van der Waals surface area (Å²) in [5.74, 6) is 9.22. The van der Waals surface area contributed by atoms with Gasteiger partial charge < -0.3 is 0 Å². The van der Waals surface area contributed by atoms with Gasteiger partial charge in [0.2, 0.25) is 0 Å². The molecule has 0 aromatic rings. The molecule has 0 unspecified atom stereocenters. The molecule has 0 nitrogen and oxygen atoms in total. The SMILES string of the molecule is CC(C)[Si](C#C/C(=C(/C#C[Si](C(C)C)(C(C)C)C(C)C)C1CC1)C1CC1)(C(C)C)C(C)C. The molecule has 0 heterocycles. The zero-order valence-electron chi connectivity index (χ0n) is 23.4. The second kappa shape index (κ2) is 10.7. The fourth-order valence-corrected chi connectivity index (χ4v) is 17.2. The fourth-order valence-electron chi connectivity index (χ4n) is 6.74. The lowest BCUT2D eigenvalue weighted by molar-refractivity contribution is 0.837. The van der Waals surface area contributed by atoms with E-state index in [0.717, 1.165) is 0 Å². The van der Waals surface area contributed by atoms with E-state index in [1.807, 2.05) is 0 Å². The molecular formula is C30H52Si2. The van der Waals surface area contributed by atoms with Crippen LogP contribution in [0.1, 0.15) is 109 Å². The van der Waals surface area contributed by atoms with Crippen LogP contribution in [0.3, 0.4) is 0 Å². The summed E-state index contributed by atoms with van der Waals surface area (Å²) in [4.78, 5) is 0. The van der Waals surface area contributed by atoms with Crippen LogP contribution in [0.15, 0.2) is 11.1 Å². The molecule has 0 N–H and O–H groups in total. The van der Waals surface area contributed by atoms with Gasteiger partial charge in [-0.05, 0) is 70.8 Å². The Morgan fingerprint density at radius 2 is 0.688 bits per heavy atom. The Bertz CT molecular complexity index is 682. The van der Waals surface area contributed by atoms with E-state index in [1.165, 1.54) is 36.8 Å². The summed E-state index contributed by atoms with van der Waals surface area (Å²) in [7, 11) is -3.43. The first-order chi connectivity index (χ1) is 14.8. The Kier molecular flexibility index (Phi) is 9.21. The van der Waals surface area contributed by atoms with Crippen molar-refractivity contribution in [3.8, 4) is 22.9 Å². The van der Waals surface area contributed by atoms with Gasteiger partial charge >= 0.3 is 0 Å². The molecule has 0 saturated heterocycles. The van der Waals surface area contributed by atoms with Gasteiger partial charge in [0.25, 0.3) is 0 Å². The van der Waals surface area contributed by atoms with Crippen molar-refractivity contribution in [3.05, 3.63) is 11.1 Å². The van der Waals surface area contributed by atoms with E-state index >= 15 is 0 Å². The number of allylic oxidation sites excluding steroid dienone is 2. The quantitative estimate of drug-likeness (QED) is 0.246. The highest BCUT2D eigenvalue weighted by molar-refractivity contribution is 6.91. The van der Waals surface area contributed by atoms with Gasteiger partial charge in [0.1, 0.15) is 16.1 Å². The molecule has 2 rings (SSSR count). The topological polar surface area (TPSA) is 0 Å². The average molecular weight is 469 g/mol. The smallest absolute Gasteiger partial charge is 0.125 e. The fraction of sp³-hybridized carbons (Fsp3) is 0.800. The van der Waals surface area contributed by atoms with E-state index in [4.69, 9.17) is 0 Å². The highest BCUT2D eigenvalue weighted by Gasteiger charge is 2.43. The Morgan fingerprint density at radius 3 is 0.844 bits per heavy atom. The van der Waals surface area contributed by atoms with Crippen molar-refractivity contribution in [2.24, 2.45) is 11.8 Å². The summed E-state index contributed by atoms with van der Waals surface area (Å²) in [5, 5.41) is 0. The van der Waals surface area contributed by atoms with Crippen molar-refractivity contribution < 1.29 is 0 Å². The molecule has 0 radical (unpaired) electrons. The highest BCUT2D eigenvalue weighted by Crippen LogP contribution is 2.47. The van der Waals surface area contributed by atoms with E-state index in [2.05, 4.69) is 106 Å². The van der Waals surface area contributed by atoms with Crippen LogP contribution in [-0.4, -0.2) is 16.1 Å². The second-order valence-corrected chi connectivity index (χ2v) is 23.8. The van der Waals surface area contributed by atoms with Gasteiger partial charge in [0.15, 0.2) is 0 Å². The average Bonchev–Trinajstić information content (AvgIpc) is 3.54. The number of rotatable bonds is 8. The second-order valence-electron chi connectivity index (χ2n) is 12.7. The van der Waals surface area contributed by atoms with Crippen LogP contribution >= 0.6 is 0 Å². The predicted molar refractivity (Wildman–Crippen MR) is 150 cm³/mol. The molecule has 2 heteroatoms. The molecule has 180 valence electrons. The molecule has 2 fully saturated rings. The molecule has 2 aliphatic carbocycles. The van der Waals surface area contributed by atoms with Crippen molar-refractivity contribution >= 4 is 16.1 Å². The summed E-state index contributed by atoms with van der Waals surface area (Å²) < 4.78 is 0. The Hall–Kier alpha value is -0.706. The third-order valence-corrected chi connectivity index (χ3v) is 21.4. The van der Waals surface area contributed by atoms with E-state index in [-0.39, 0.29) is 0 Å².